The first-order valence-electron chi connectivity index (χ1n) is 8.14. The van der Waals surface area contributed by atoms with Gasteiger partial charge < -0.3 is 9.47 Å². The van der Waals surface area contributed by atoms with E-state index in [4.69, 9.17) is 9.47 Å². The van der Waals surface area contributed by atoms with E-state index >= 15 is 0 Å². The summed E-state index contributed by atoms with van der Waals surface area (Å²) in [4.78, 5) is 29.5. The Hall–Kier alpha value is -2.43. The van der Waals surface area contributed by atoms with Crippen LogP contribution in [0, 0.1) is 5.92 Å². The lowest BCUT2D eigenvalue weighted by molar-refractivity contribution is -0.144. The zero-order valence-corrected chi connectivity index (χ0v) is 14.5. The van der Waals surface area contributed by atoms with Crippen molar-refractivity contribution >= 4 is 17.7 Å². The van der Waals surface area contributed by atoms with Crippen molar-refractivity contribution in [2.24, 2.45) is 10.9 Å². The summed E-state index contributed by atoms with van der Waals surface area (Å²) in [6.45, 7) is 7.64. The number of benzene rings is 1. The maximum atomic E-state index is 12.5. The molecule has 128 valence electrons. The Morgan fingerprint density at radius 3 is 2.25 bits per heavy atom. The van der Waals surface area contributed by atoms with Gasteiger partial charge in [-0.25, -0.2) is 4.79 Å². The van der Waals surface area contributed by atoms with Crippen molar-refractivity contribution in [3.8, 4) is 0 Å². The number of ether oxygens (including phenoxy) is 2. The number of carbonyl (C=O) groups excluding carboxylic acids is 2. The number of rotatable bonds is 5. The van der Waals surface area contributed by atoms with Crippen LogP contribution in [-0.4, -0.2) is 30.9 Å². The van der Waals surface area contributed by atoms with Crippen LogP contribution in [-0.2, 0) is 19.1 Å². The van der Waals surface area contributed by atoms with Crippen LogP contribution < -0.4 is 0 Å². The average molecular weight is 329 g/mol. The monoisotopic (exact) mass is 329 g/mol. The van der Waals surface area contributed by atoms with E-state index in [0.717, 1.165) is 5.56 Å². The third-order valence-corrected chi connectivity index (χ3v) is 4.01. The number of nitrogens with zero attached hydrogens (tertiary/aromatic N) is 1. The largest absolute Gasteiger partial charge is 0.465 e. The molecule has 0 radical (unpaired) electrons. The maximum absolute atomic E-state index is 12.5. The standard InChI is InChI=1S/C19H23NO4/c1-5-23-18(21)15-12(3)16(19(22)24-6-2)17(20-13(15)4)14-10-8-7-9-11-14/h7-11,15,17H,5-6H2,1-4H3/t15-,17-/m0/s1. The quantitative estimate of drug-likeness (QED) is 0.778. The summed E-state index contributed by atoms with van der Waals surface area (Å²) in [6.07, 6.45) is 0. The number of hydrogen-bond donors (Lipinski definition) is 0. The van der Waals surface area contributed by atoms with E-state index in [1.54, 1.807) is 27.7 Å². The van der Waals surface area contributed by atoms with E-state index in [2.05, 4.69) is 4.99 Å². The van der Waals surface area contributed by atoms with Crippen LogP contribution in [0.15, 0.2) is 46.5 Å². The van der Waals surface area contributed by atoms with Crippen molar-refractivity contribution in [1.29, 1.82) is 0 Å². The molecular weight excluding hydrogens is 306 g/mol. The molecular formula is C19H23NO4. The van der Waals surface area contributed by atoms with Gasteiger partial charge in [0, 0.05) is 5.71 Å². The van der Waals surface area contributed by atoms with Gasteiger partial charge in [0.25, 0.3) is 0 Å². The summed E-state index contributed by atoms with van der Waals surface area (Å²) in [5, 5.41) is 0. The fourth-order valence-corrected chi connectivity index (χ4v) is 2.96. The van der Waals surface area contributed by atoms with Gasteiger partial charge in [-0.05, 0) is 38.8 Å². The maximum Gasteiger partial charge on any atom is 0.336 e. The summed E-state index contributed by atoms with van der Waals surface area (Å²) in [6, 6.07) is 9.07. The highest BCUT2D eigenvalue weighted by Gasteiger charge is 2.37. The van der Waals surface area contributed by atoms with Crippen LogP contribution in [0.25, 0.3) is 0 Å². The van der Waals surface area contributed by atoms with Crippen molar-refractivity contribution in [3.63, 3.8) is 0 Å². The normalized spacial score (nSPS) is 20.4. The zero-order valence-electron chi connectivity index (χ0n) is 14.5. The second-order valence-corrected chi connectivity index (χ2v) is 5.59. The second kappa shape index (κ2) is 7.90. The van der Waals surface area contributed by atoms with Gasteiger partial charge in [0.2, 0.25) is 0 Å². The minimum Gasteiger partial charge on any atom is -0.465 e. The van der Waals surface area contributed by atoms with E-state index in [9.17, 15) is 9.59 Å². The Balaban J connectivity index is 2.52. The van der Waals surface area contributed by atoms with Gasteiger partial charge in [-0.2, -0.15) is 0 Å². The molecule has 1 heterocycles. The third-order valence-electron chi connectivity index (χ3n) is 4.01. The van der Waals surface area contributed by atoms with Crippen LogP contribution in [0.5, 0.6) is 0 Å². The van der Waals surface area contributed by atoms with E-state index in [1.807, 2.05) is 30.3 Å². The number of hydrogen-bond acceptors (Lipinski definition) is 5. The molecule has 1 aliphatic rings. The molecule has 0 unspecified atom stereocenters. The van der Waals surface area contributed by atoms with Gasteiger partial charge in [0.15, 0.2) is 0 Å². The van der Waals surface area contributed by atoms with E-state index in [-0.39, 0.29) is 19.2 Å². The Morgan fingerprint density at radius 1 is 1.04 bits per heavy atom. The van der Waals surface area contributed by atoms with E-state index in [0.29, 0.717) is 16.9 Å². The highest BCUT2D eigenvalue weighted by atomic mass is 16.5. The molecule has 0 aromatic heterocycles. The lowest BCUT2D eigenvalue weighted by atomic mass is 9.83. The second-order valence-electron chi connectivity index (χ2n) is 5.59. The molecule has 0 saturated carbocycles. The minimum absolute atomic E-state index is 0.268. The van der Waals surface area contributed by atoms with Gasteiger partial charge >= 0.3 is 11.9 Å². The van der Waals surface area contributed by atoms with Gasteiger partial charge in [0.05, 0.1) is 18.8 Å². The van der Waals surface area contributed by atoms with Crippen LogP contribution in [0.2, 0.25) is 0 Å². The SMILES string of the molecule is CCOC(=O)C1=C(C)[C@H](C(=O)OCC)C(C)=N[C@H]1c1ccccc1. The molecule has 5 nitrogen and oxygen atoms in total. The lowest BCUT2D eigenvalue weighted by Gasteiger charge is -2.28. The van der Waals surface area contributed by atoms with Gasteiger partial charge in [-0.1, -0.05) is 30.3 Å². The molecule has 1 aliphatic heterocycles. The first kappa shape index (κ1) is 17.9. The number of carbonyl (C=O) groups is 2. The van der Waals surface area contributed by atoms with Crippen molar-refractivity contribution in [2.45, 2.75) is 33.7 Å². The summed E-state index contributed by atoms with van der Waals surface area (Å²) >= 11 is 0. The number of esters is 2. The molecule has 0 spiro atoms. The van der Waals surface area contributed by atoms with Crippen molar-refractivity contribution in [2.75, 3.05) is 13.2 Å². The minimum atomic E-state index is -0.635. The van der Waals surface area contributed by atoms with Gasteiger partial charge in [-0.3, -0.25) is 9.79 Å². The molecule has 0 aliphatic carbocycles. The molecule has 1 aromatic carbocycles. The van der Waals surface area contributed by atoms with Crippen LogP contribution in [0.4, 0.5) is 0 Å². The van der Waals surface area contributed by atoms with Crippen molar-refractivity contribution in [3.05, 3.63) is 47.0 Å². The molecule has 2 atom stereocenters. The Morgan fingerprint density at radius 2 is 1.67 bits per heavy atom. The molecule has 0 N–H and O–H groups in total. The summed E-state index contributed by atoms with van der Waals surface area (Å²) < 4.78 is 10.4. The number of dihydropyridines is 1. The molecule has 0 saturated heterocycles. The smallest absolute Gasteiger partial charge is 0.336 e. The predicted molar refractivity (Wildman–Crippen MR) is 91.7 cm³/mol. The van der Waals surface area contributed by atoms with Crippen LogP contribution >= 0.6 is 0 Å². The third kappa shape index (κ3) is 3.55. The molecule has 0 amide bonds. The van der Waals surface area contributed by atoms with Crippen LogP contribution in [0.3, 0.4) is 0 Å². The average Bonchev–Trinajstić information content (AvgIpc) is 2.55. The highest BCUT2D eigenvalue weighted by Crippen LogP contribution is 2.37. The fraction of sp³-hybridized carbons (Fsp3) is 0.421. The molecule has 0 bridgehead atoms. The Labute approximate surface area is 142 Å². The molecule has 24 heavy (non-hydrogen) atoms. The summed E-state index contributed by atoms with van der Waals surface area (Å²) in [5.74, 6) is -1.46. The lowest BCUT2D eigenvalue weighted by Crippen LogP contribution is -2.33. The zero-order chi connectivity index (χ0) is 17.7. The molecule has 1 aromatic rings. The summed E-state index contributed by atoms with van der Waals surface area (Å²) in [7, 11) is 0. The topological polar surface area (TPSA) is 65.0 Å². The van der Waals surface area contributed by atoms with Gasteiger partial charge in [0.1, 0.15) is 12.0 Å². The Kier molecular flexibility index (Phi) is 5.90. The fourth-order valence-electron chi connectivity index (χ4n) is 2.96. The van der Waals surface area contributed by atoms with E-state index in [1.165, 1.54) is 0 Å². The highest BCUT2D eigenvalue weighted by molar-refractivity contribution is 6.07. The Bertz CT molecular complexity index is 676. The molecule has 5 heteroatoms. The van der Waals surface area contributed by atoms with Crippen LogP contribution in [0.1, 0.15) is 39.3 Å². The van der Waals surface area contributed by atoms with E-state index < -0.39 is 17.9 Å². The number of aliphatic imine (C=N–C) groups is 1. The first-order chi connectivity index (χ1) is 11.5. The summed E-state index contributed by atoms with van der Waals surface area (Å²) in [5.41, 5.74) is 2.61. The predicted octanol–water partition coefficient (Wildman–Crippen LogP) is 3.26. The first-order valence-corrected chi connectivity index (χ1v) is 8.14. The van der Waals surface area contributed by atoms with Crippen molar-refractivity contribution in [1.82, 2.24) is 0 Å². The molecule has 0 fully saturated rings. The van der Waals surface area contributed by atoms with Gasteiger partial charge in [-0.15, -0.1) is 0 Å². The molecule has 2 rings (SSSR count). The van der Waals surface area contributed by atoms with Crippen molar-refractivity contribution < 1.29 is 19.1 Å².